The quantitative estimate of drug-likeness (QED) is 0.893. The highest BCUT2D eigenvalue weighted by Crippen LogP contribution is 2.41. The first-order valence-electron chi connectivity index (χ1n) is 7.96. The predicted octanol–water partition coefficient (Wildman–Crippen LogP) is 3.59. The van der Waals surface area contributed by atoms with Crippen LogP contribution in [0.25, 0.3) is 5.69 Å². The largest absolute Gasteiger partial charge is 0.418 e. The Morgan fingerprint density at radius 3 is 2.36 bits per heavy atom. The fraction of sp³-hybridized carbons (Fsp3) is 0.438. The Hall–Kier alpha value is -1.87. The standard InChI is InChI=1S/C16H18F3N3O2S/c17-16(18,19)13-9-12(11-5-2-1-3-6-11)10-14(25(20,23)24)15(13)22-8-4-7-21-22/h4,7-11H,1-3,5-6H2,(H2,20,23,24). The number of aromatic nitrogens is 2. The molecule has 25 heavy (non-hydrogen) atoms. The van der Waals surface area contributed by atoms with Gasteiger partial charge in [-0.05, 0) is 42.5 Å². The number of hydrogen-bond acceptors (Lipinski definition) is 3. The molecule has 2 N–H and O–H groups in total. The number of benzene rings is 1. The Balaban J connectivity index is 2.29. The maximum atomic E-state index is 13.7. The Bertz CT molecular complexity index is 855. The molecule has 5 nitrogen and oxygen atoms in total. The third-order valence-electron chi connectivity index (χ3n) is 4.52. The van der Waals surface area contributed by atoms with E-state index >= 15 is 0 Å². The van der Waals surface area contributed by atoms with Gasteiger partial charge in [-0.25, -0.2) is 18.2 Å². The molecule has 0 amide bonds. The smallest absolute Gasteiger partial charge is 0.239 e. The Morgan fingerprint density at radius 2 is 1.84 bits per heavy atom. The van der Waals surface area contributed by atoms with Crippen molar-refractivity contribution in [2.45, 2.75) is 49.1 Å². The molecule has 0 unspecified atom stereocenters. The third-order valence-corrected chi connectivity index (χ3v) is 5.44. The fourth-order valence-corrected chi connectivity index (χ4v) is 4.14. The predicted molar refractivity (Wildman–Crippen MR) is 85.8 cm³/mol. The van der Waals surface area contributed by atoms with Gasteiger partial charge in [-0.2, -0.15) is 18.3 Å². The second kappa shape index (κ2) is 6.45. The van der Waals surface area contributed by atoms with Crippen LogP contribution < -0.4 is 5.14 Å². The van der Waals surface area contributed by atoms with E-state index in [2.05, 4.69) is 5.10 Å². The zero-order valence-electron chi connectivity index (χ0n) is 13.3. The summed E-state index contributed by atoms with van der Waals surface area (Å²) in [6.45, 7) is 0. The highest BCUT2D eigenvalue weighted by Gasteiger charge is 2.38. The topological polar surface area (TPSA) is 78.0 Å². The summed E-state index contributed by atoms with van der Waals surface area (Å²) in [5.74, 6) is -0.0954. The van der Waals surface area contributed by atoms with Crippen LogP contribution in [0.1, 0.15) is 49.1 Å². The maximum Gasteiger partial charge on any atom is 0.418 e. The number of sulfonamides is 1. The molecule has 1 fully saturated rings. The van der Waals surface area contributed by atoms with Crippen molar-refractivity contribution in [3.8, 4) is 5.69 Å². The van der Waals surface area contributed by atoms with Crippen LogP contribution >= 0.6 is 0 Å². The first-order valence-corrected chi connectivity index (χ1v) is 9.50. The van der Waals surface area contributed by atoms with E-state index in [1.54, 1.807) is 0 Å². The normalized spacial score (nSPS) is 17.0. The van der Waals surface area contributed by atoms with Crippen LogP contribution in [-0.4, -0.2) is 18.2 Å². The molecular weight excluding hydrogens is 355 g/mol. The minimum atomic E-state index is -4.73. The second-order valence-electron chi connectivity index (χ2n) is 6.24. The number of halogens is 3. The lowest BCUT2D eigenvalue weighted by Crippen LogP contribution is -2.21. The van der Waals surface area contributed by atoms with E-state index in [9.17, 15) is 21.6 Å². The van der Waals surface area contributed by atoms with E-state index in [1.165, 1.54) is 24.5 Å². The number of alkyl halides is 3. The summed E-state index contributed by atoms with van der Waals surface area (Å²) < 4.78 is 66.0. The summed E-state index contributed by atoms with van der Waals surface area (Å²) >= 11 is 0. The number of nitrogens with two attached hydrogens (primary N) is 1. The van der Waals surface area contributed by atoms with Crippen LogP contribution in [0.2, 0.25) is 0 Å². The summed E-state index contributed by atoms with van der Waals surface area (Å²) in [5, 5.41) is 9.01. The van der Waals surface area contributed by atoms with Gasteiger partial charge in [0.2, 0.25) is 10.0 Å². The van der Waals surface area contributed by atoms with Gasteiger partial charge in [0.05, 0.1) is 11.3 Å². The van der Waals surface area contributed by atoms with Gasteiger partial charge in [0, 0.05) is 12.4 Å². The SMILES string of the molecule is NS(=O)(=O)c1cc(C2CCCCC2)cc(C(F)(F)F)c1-n1cccn1. The Kier molecular flexibility index (Phi) is 4.63. The van der Waals surface area contributed by atoms with Crippen molar-refractivity contribution in [1.82, 2.24) is 9.78 Å². The second-order valence-corrected chi connectivity index (χ2v) is 7.77. The first kappa shape index (κ1) is 17.9. The molecule has 1 aromatic carbocycles. The van der Waals surface area contributed by atoms with Gasteiger partial charge >= 0.3 is 6.18 Å². The van der Waals surface area contributed by atoms with Crippen molar-refractivity contribution in [3.05, 3.63) is 41.7 Å². The molecule has 0 saturated heterocycles. The van der Waals surface area contributed by atoms with Crippen LogP contribution in [0.15, 0.2) is 35.5 Å². The lowest BCUT2D eigenvalue weighted by Gasteiger charge is -2.25. The fourth-order valence-electron chi connectivity index (χ4n) is 3.37. The molecule has 1 aromatic heterocycles. The van der Waals surface area contributed by atoms with Gasteiger partial charge in [0.15, 0.2) is 0 Å². The molecule has 0 aliphatic heterocycles. The van der Waals surface area contributed by atoms with Crippen molar-refractivity contribution >= 4 is 10.0 Å². The minimum Gasteiger partial charge on any atom is -0.239 e. The van der Waals surface area contributed by atoms with Gasteiger partial charge in [-0.3, -0.25) is 0 Å². The lowest BCUT2D eigenvalue weighted by atomic mass is 9.83. The van der Waals surface area contributed by atoms with E-state index in [0.29, 0.717) is 5.56 Å². The Morgan fingerprint density at radius 1 is 1.16 bits per heavy atom. The van der Waals surface area contributed by atoms with Crippen molar-refractivity contribution in [3.63, 3.8) is 0 Å². The average molecular weight is 373 g/mol. The number of nitrogens with zero attached hydrogens (tertiary/aromatic N) is 2. The molecule has 1 aliphatic rings. The third kappa shape index (κ3) is 3.72. The lowest BCUT2D eigenvalue weighted by molar-refractivity contribution is -0.137. The van der Waals surface area contributed by atoms with Crippen LogP contribution in [0.5, 0.6) is 0 Å². The molecular formula is C16H18F3N3O2S. The van der Waals surface area contributed by atoms with Crippen LogP contribution in [0.4, 0.5) is 13.2 Å². The van der Waals surface area contributed by atoms with Gasteiger partial charge in [0.25, 0.3) is 0 Å². The molecule has 0 radical (unpaired) electrons. The molecule has 9 heteroatoms. The summed E-state index contributed by atoms with van der Waals surface area (Å²) in [6.07, 6.45) is 2.16. The van der Waals surface area contributed by atoms with Crippen molar-refractivity contribution in [1.29, 1.82) is 0 Å². The summed E-state index contributed by atoms with van der Waals surface area (Å²) in [4.78, 5) is -0.549. The van der Waals surface area contributed by atoms with Gasteiger partial charge in [0.1, 0.15) is 4.90 Å². The zero-order valence-corrected chi connectivity index (χ0v) is 14.1. The molecule has 1 aliphatic carbocycles. The summed E-state index contributed by atoms with van der Waals surface area (Å²) in [7, 11) is -4.36. The highest BCUT2D eigenvalue weighted by atomic mass is 32.2. The molecule has 2 aromatic rings. The van der Waals surface area contributed by atoms with E-state index in [1.807, 2.05) is 0 Å². The van der Waals surface area contributed by atoms with E-state index in [0.717, 1.165) is 42.9 Å². The van der Waals surface area contributed by atoms with Gasteiger partial charge in [-0.15, -0.1) is 0 Å². The number of hydrogen-bond donors (Lipinski definition) is 1. The van der Waals surface area contributed by atoms with Crippen LogP contribution in [0, 0.1) is 0 Å². The molecule has 0 spiro atoms. The molecule has 1 heterocycles. The molecule has 1 saturated carbocycles. The molecule has 136 valence electrons. The first-order chi connectivity index (χ1) is 11.7. The monoisotopic (exact) mass is 373 g/mol. The van der Waals surface area contributed by atoms with Crippen molar-refractivity contribution < 1.29 is 21.6 Å². The van der Waals surface area contributed by atoms with E-state index in [-0.39, 0.29) is 5.92 Å². The maximum absolute atomic E-state index is 13.7. The average Bonchev–Trinajstić information content (AvgIpc) is 3.07. The van der Waals surface area contributed by atoms with E-state index in [4.69, 9.17) is 5.14 Å². The zero-order chi connectivity index (χ0) is 18.2. The van der Waals surface area contributed by atoms with Gasteiger partial charge in [-0.1, -0.05) is 19.3 Å². The van der Waals surface area contributed by atoms with Crippen molar-refractivity contribution in [2.75, 3.05) is 0 Å². The van der Waals surface area contributed by atoms with Crippen molar-refractivity contribution in [2.24, 2.45) is 5.14 Å². The molecule has 0 bridgehead atoms. The highest BCUT2D eigenvalue weighted by molar-refractivity contribution is 7.89. The van der Waals surface area contributed by atoms with Crippen LogP contribution in [-0.2, 0) is 16.2 Å². The van der Waals surface area contributed by atoms with E-state index < -0.39 is 32.3 Å². The molecule has 3 rings (SSSR count). The van der Waals surface area contributed by atoms with Crippen LogP contribution in [0.3, 0.4) is 0 Å². The molecule has 0 atom stereocenters. The number of primary sulfonamides is 1. The minimum absolute atomic E-state index is 0.0954. The van der Waals surface area contributed by atoms with Gasteiger partial charge < -0.3 is 0 Å². The Labute approximate surface area is 143 Å². The summed E-state index contributed by atoms with van der Waals surface area (Å²) in [5.41, 5.74) is -1.23. The summed E-state index contributed by atoms with van der Waals surface area (Å²) in [6, 6.07) is 3.74. The number of rotatable bonds is 3.